The van der Waals surface area contributed by atoms with Gasteiger partial charge in [-0.25, -0.2) is 9.79 Å². The molecule has 2 aliphatic heterocycles. The minimum Gasteiger partial charge on any atom is -0.450 e. The van der Waals surface area contributed by atoms with Gasteiger partial charge >= 0.3 is 6.09 Å². The molecule has 2 fully saturated rings. The van der Waals surface area contributed by atoms with Gasteiger partial charge in [-0.2, -0.15) is 0 Å². The second-order valence-corrected chi connectivity index (χ2v) is 7.54. The van der Waals surface area contributed by atoms with Crippen LogP contribution in [0, 0.1) is 0 Å². The smallest absolute Gasteiger partial charge is 0.409 e. The number of amides is 2. The van der Waals surface area contributed by atoms with Gasteiger partial charge in [0, 0.05) is 38.6 Å². The Morgan fingerprint density at radius 3 is 2.47 bits per heavy atom. The molecular formula is C21H32IN5O3. The van der Waals surface area contributed by atoms with Gasteiger partial charge in [0.1, 0.15) is 0 Å². The van der Waals surface area contributed by atoms with Crippen LogP contribution in [0.2, 0.25) is 0 Å². The molecule has 2 heterocycles. The summed E-state index contributed by atoms with van der Waals surface area (Å²) in [5.74, 6) is 0.664. The van der Waals surface area contributed by atoms with Crippen molar-refractivity contribution in [1.82, 2.24) is 15.1 Å². The first-order valence-electron chi connectivity index (χ1n) is 10.4. The minimum absolute atomic E-state index is 0. The Balaban J connectivity index is 0.00000320. The second kappa shape index (κ2) is 12.0. The number of halogens is 1. The van der Waals surface area contributed by atoms with Gasteiger partial charge < -0.3 is 25.6 Å². The Kier molecular flexibility index (Phi) is 9.67. The number of nitrogens with zero attached hydrogens (tertiary/aromatic N) is 3. The number of guanidine groups is 1. The molecule has 0 atom stereocenters. The Morgan fingerprint density at radius 2 is 1.87 bits per heavy atom. The lowest BCUT2D eigenvalue weighted by Gasteiger charge is -2.31. The maximum atomic E-state index is 11.7. The summed E-state index contributed by atoms with van der Waals surface area (Å²) in [7, 11) is 0. The van der Waals surface area contributed by atoms with Crippen molar-refractivity contribution in [2.45, 2.75) is 51.7 Å². The van der Waals surface area contributed by atoms with E-state index in [0.29, 0.717) is 45.2 Å². The molecule has 0 saturated carbocycles. The molecule has 166 valence electrons. The number of likely N-dealkylation sites (tertiary alicyclic amines) is 2. The number of rotatable bonds is 6. The SMILES string of the molecule is CCOC(=O)N1CCC(NC(N)=NCc2ccc(CN3CCCC3=O)cc2)CC1.I. The molecule has 0 aliphatic carbocycles. The predicted octanol–water partition coefficient (Wildman–Crippen LogP) is 2.45. The van der Waals surface area contributed by atoms with Crippen molar-refractivity contribution in [2.24, 2.45) is 10.7 Å². The molecule has 1 aromatic rings. The van der Waals surface area contributed by atoms with Crippen LogP contribution in [-0.2, 0) is 22.6 Å². The lowest BCUT2D eigenvalue weighted by Crippen LogP contribution is -2.48. The lowest BCUT2D eigenvalue weighted by molar-refractivity contribution is -0.128. The predicted molar refractivity (Wildman–Crippen MR) is 127 cm³/mol. The fourth-order valence-corrected chi connectivity index (χ4v) is 3.69. The zero-order valence-corrected chi connectivity index (χ0v) is 19.8. The summed E-state index contributed by atoms with van der Waals surface area (Å²) in [5.41, 5.74) is 8.24. The van der Waals surface area contributed by atoms with Crippen molar-refractivity contribution in [2.75, 3.05) is 26.2 Å². The van der Waals surface area contributed by atoms with Gasteiger partial charge in [0.25, 0.3) is 0 Å². The van der Waals surface area contributed by atoms with E-state index < -0.39 is 0 Å². The molecule has 2 saturated heterocycles. The Bertz CT molecular complexity index is 733. The molecule has 0 radical (unpaired) electrons. The third kappa shape index (κ3) is 7.03. The molecule has 0 spiro atoms. The first-order chi connectivity index (χ1) is 14.0. The average molecular weight is 529 g/mol. The van der Waals surface area contributed by atoms with E-state index in [4.69, 9.17) is 10.5 Å². The molecule has 3 N–H and O–H groups in total. The molecule has 8 nitrogen and oxygen atoms in total. The van der Waals surface area contributed by atoms with Gasteiger partial charge in [0.15, 0.2) is 5.96 Å². The van der Waals surface area contributed by atoms with E-state index in [9.17, 15) is 9.59 Å². The molecule has 2 aliphatic rings. The Morgan fingerprint density at radius 1 is 1.20 bits per heavy atom. The summed E-state index contributed by atoms with van der Waals surface area (Å²) < 4.78 is 5.03. The number of hydrogen-bond donors (Lipinski definition) is 2. The van der Waals surface area contributed by atoms with Crippen molar-refractivity contribution in [3.8, 4) is 0 Å². The van der Waals surface area contributed by atoms with Crippen LogP contribution in [0.5, 0.6) is 0 Å². The fraction of sp³-hybridized carbons (Fsp3) is 0.571. The number of carbonyl (C=O) groups is 2. The number of ether oxygens (including phenoxy) is 1. The molecule has 9 heteroatoms. The van der Waals surface area contributed by atoms with Crippen LogP contribution in [0.4, 0.5) is 4.79 Å². The van der Waals surface area contributed by atoms with Crippen LogP contribution in [-0.4, -0.2) is 60.0 Å². The number of benzene rings is 1. The van der Waals surface area contributed by atoms with Crippen LogP contribution in [0.1, 0.15) is 43.7 Å². The molecule has 0 aromatic heterocycles. The second-order valence-electron chi connectivity index (χ2n) is 7.54. The average Bonchev–Trinajstić information content (AvgIpc) is 3.12. The van der Waals surface area contributed by atoms with Crippen molar-refractivity contribution in [3.05, 3.63) is 35.4 Å². The monoisotopic (exact) mass is 529 g/mol. The Hall–Kier alpha value is -2.04. The third-order valence-corrected chi connectivity index (χ3v) is 5.37. The zero-order valence-electron chi connectivity index (χ0n) is 17.5. The standard InChI is InChI=1S/C21H31N5O3.HI/c1-2-29-21(28)25-12-9-18(10-13-25)24-20(22)23-14-16-5-7-17(8-6-16)15-26-11-3-4-19(26)27;/h5-8,18H,2-4,9-15H2,1H3,(H3,22,23,24);1H. The van der Waals surface area contributed by atoms with E-state index in [1.807, 2.05) is 36.1 Å². The van der Waals surface area contributed by atoms with Crippen molar-refractivity contribution >= 4 is 41.9 Å². The van der Waals surface area contributed by atoms with E-state index in [1.54, 1.807) is 4.90 Å². The Labute approximate surface area is 195 Å². The summed E-state index contributed by atoms with van der Waals surface area (Å²) in [6.45, 7) is 5.56. The highest BCUT2D eigenvalue weighted by atomic mass is 127. The fourth-order valence-electron chi connectivity index (χ4n) is 3.69. The molecule has 1 aromatic carbocycles. The van der Waals surface area contributed by atoms with Gasteiger partial charge in [0.05, 0.1) is 13.2 Å². The van der Waals surface area contributed by atoms with Crippen LogP contribution in [0.25, 0.3) is 0 Å². The highest BCUT2D eigenvalue weighted by Gasteiger charge is 2.23. The number of aliphatic imine (C=N–C) groups is 1. The van der Waals surface area contributed by atoms with E-state index in [-0.39, 0.29) is 42.0 Å². The van der Waals surface area contributed by atoms with Gasteiger partial charge in [-0.15, -0.1) is 24.0 Å². The van der Waals surface area contributed by atoms with E-state index >= 15 is 0 Å². The van der Waals surface area contributed by atoms with Crippen LogP contribution < -0.4 is 11.1 Å². The normalized spacial score (nSPS) is 17.6. The van der Waals surface area contributed by atoms with E-state index in [2.05, 4.69) is 10.3 Å². The molecule has 3 rings (SSSR count). The van der Waals surface area contributed by atoms with Crippen LogP contribution in [0.3, 0.4) is 0 Å². The van der Waals surface area contributed by atoms with Crippen molar-refractivity contribution in [1.29, 1.82) is 0 Å². The number of piperidine rings is 1. The highest BCUT2D eigenvalue weighted by Crippen LogP contribution is 2.15. The summed E-state index contributed by atoms with van der Waals surface area (Å²) in [4.78, 5) is 31.5. The van der Waals surface area contributed by atoms with Gasteiger partial charge in [-0.05, 0) is 37.3 Å². The maximum absolute atomic E-state index is 11.7. The van der Waals surface area contributed by atoms with Crippen LogP contribution in [0.15, 0.2) is 29.3 Å². The quantitative estimate of drug-likeness (QED) is 0.335. The number of hydrogen-bond acceptors (Lipinski definition) is 4. The van der Waals surface area contributed by atoms with Gasteiger partial charge in [-0.1, -0.05) is 24.3 Å². The lowest BCUT2D eigenvalue weighted by atomic mass is 10.1. The molecule has 0 bridgehead atoms. The maximum Gasteiger partial charge on any atom is 0.409 e. The highest BCUT2D eigenvalue weighted by molar-refractivity contribution is 14.0. The first-order valence-corrected chi connectivity index (χ1v) is 10.4. The van der Waals surface area contributed by atoms with E-state index in [1.165, 1.54) is 0 Å². The number of carbonyl (C=O) groups excluding carboxylic acids is 2. The molecule has 0 unspecified atom stereocenters. The summed E-state index contributed by atoms with van der Waals surface area (Å²) >= 11 is 0. The molecule has 2 amide bonds. The largest absolute Gasteiger partial charge is 0.450 e. The first kappa shape index (κ1) is 24.2. The van der Waals surface area contributed by atoms with Gasteiger partial charge in [-0.3, -0.25) is 4.79 Å². The molecular weight excluding hydrogens is 497 g/mol. The zero-order chi connectivity index (χ0) is 20.6. The third-order valence-electron chi connectivity index (χ3n) is 5.37. The van der Waals surface area contributed by atoms with E-state index in [0.717, 1.165) is 36.9 Å². The number of nitrogens with one attached hydrogen (secondary N) is 1. The van der Waals surface area contributed by atoms with Gasteiger partial charge in [0.2, 0.25) is 5.91 Å². The van der Waals surface area contributed by atoms with Crippen LogP contribution >= 0.6 is 24.0 Å². The van der Waals surface area contributed by atoms with Crippen molar-refractivity contribution in [3.63, 3.8) is 0 Å². The topological polar surface area (TPSA) is 100 Å². The summed E-state index contributed by atoms with van der Waals surface area (Å²) in [6.07, 6.45) is 3.02. The number of nitrogens with two attached hydrogens (primary N) is 1. The van der Waals surface area contributed by atoms with Crippen molar-refractivity contribution < 1.29 is 14.3 Å². The summed E-state index contributed by atoms with van der Waals surface area (Å²) in [5, 5.41) is 3.25. The molecule has 30 heavy (non-hydrogen) atoms. The minimum atomic E-state index is -0.245. The summed E-state index contributed by atoms with van der Waals surface area (Å²) in [6, 6.07) is 8.37.